The Balaban J connectivity index is 2.50. The van der Waals surface area contributed by atoms with E-state index < -0.39 is 0 Å². The Morgan fingerprint density at radius 2 is 2.23 bits per heavy atom. The summed E-state index contributed by atoms with van der Waals surface area (Å²) < 4.78 is 5.02. The average Bonchev–Trinajstić information content (AvgIpc) is 2.07. The molecule has 1 aliphatic rings. The number of Topliss-reactive ketones (excluding diaryl/α,β-unsaturated/α-hetero) is 1. The first-order valence-corrected chi connectivity index (χ1v) is 4.82. The molecule has 0 amide bonds. The van der Waals surface area contributed by atoms with Gasteiger partial charge in [0, 0.05) is 25.6 Å². The predicted octanol–water partition coefficient (Wildman–Crippen LogP) is 1.08. The monoisotopic (exact) mass is 185 g/mol. The van der Waals surface area contributed by atoms with Gasteiger partial charge in [-0.05, 0) is 20.3 Å². The Morgan fingerprint density at radius 1 is 1.54 bits per heavy atom. The van der Waals surface area contributed by atoms with E-state index in [2.05, 4.69) is 18.7 Å². The van der Waals surface area contributed by atoms with Gasteiger partial charge in [-0.3, -0.25) is 9.69 Å². The number of piperidine rings is 1. The average molecular weight is 185 g/mol. The van der Waals surface area contributed by atoms with Crippen LogP contribution in [0.4, 0.5) is 0 Å². The first-order valence-electron chi connectivity index (χ1n) is 4.82. The number of hydrogen-bond donors (Lipinski definition) is 0. The molecule has 0 aromatic rings. The molecule has 13 heavy (non-hydrogen) atoms. The number of likely N-dealkylation sites (tertiary alicyclic amines) is 1. The highest BCUT2D eigenvalue weighted by Crippen LogP contribution is 2.24. The van der Waals surface area contributed by atoms with Crippen molar-refractivity contribution in [3.8, 4) is 0 Å². The van der Waals surface area contributed by atoms with E-state index in [9.17, 15) is 4.79 Å². The lowest BCUT2D eigenvalue weighted by molar-refractivity contribution is -0.126. The number of nitrogens with zero attached hydrogens (tertiary/aromatic N) is 1. The van der Waals surface area contributed by atoms with Crippen molar-refractivity contribution in [2.45, 2.75) is 32.2 Å². The summed E-state index contributed by atoms with van der Waals surface area (Å²) >= 11 is 0. The Bertz CT molecular complexity index is 189. The van der Waals surface area contributed by atoms with Crippen molar-refractivity contribution in [1.29, 1.82) is 0 Å². The van der Waals surface area contributed by atoms with Gasteiger partial charge in [0.2, 0.25) is 0 Å². The first kappa shape index (κ1) is 10.7. The van der Waals surface area contributed by atoms with Gasteiger partial charge >= 0.3 is 0 Å². The zero-order valence-corrected chi connectivity index (χ0v) is 8.80. The van der Waals surface area contributed by atoms with Crippen molar-refractivity contribution in [1.82, 2.24) is 4.90 Å². The molecule has 0 unspecified atom stereocenters. The molecule has 0 aromatic heterocycles. The Kier molecular flexibility index (Phi) is 3.45. The quantitative estimate of drug-likeness (QED) is 0.659. The molecule has 76 valence electrons. The van der Waals surface area contributed by atoms with Crippen LogP contribution in [0.3, 0.4) is 0 Å². The highest BCUT2D eigenvalue weighted by molar-refractivity contribution is 5.81. The minimum Gasteiger partial charge on any atom is -0.383 e. The molecule has 1 rings (SSSR count). The van der Waals surface area contributed by atoms with Gasteiger partial charge in [-0.25, -0.2) is 0 Å². The summed E-state index contributed by atoms with van der Waals surface area (Å²) in [5.41, 5.74) is 0.159. The van der Waals surface area contributed by atoms with Crippen LogP contribution in [0.25, 0.3) is 0 Å². The van der Waals surface area contributed by atoms with Gasteiger partial charge in [0.05, 0.1) is 13.2 Å². The van der Waals surface area contributed by atoms with E-state index in [0.29, 0.717) is 18.9 Å². The molecule has 0 spiro atoms. The van der Waals surface area contributed by atoms with Crippen molar-refractivity contribution >= 4 is 5.78 Å². The van der Waals surface area contributed by atoms with E-state index in [1.165, 1.54) is 0 Å². The van der Waals surface area contributed by atoms with Gasteiger partial charge in [-0.15, -0.1) is 0 Å². The van der Waals surface area contributed by atoms with Crippen LogP contribution in [-0.4, -0.2) is 43.0 Å². The van der Waals surface area contributed by atoms with Crippen LogP contribution < -0.4 is 0 Å². The first-order chi connectivity index (χ1) is 6.06. The third kappa shape index (κ3) is 2.78. The third-order valence-corrected chi connectivity index (χ3v) is 2.80. The maximum Gasteiger partial charge on any atom is 0.146 e. The lowest BCUT2D eigenvalue weighted by Gasteiger charge is -2.41. The van der Waals surface area contributed by atoms with E-state index in [4.69, 9.17) is 4.74 Å². The third-order valence-electron chi connectivity index (χ3n) is 2.80. The van der Waals surface area contributed by atoms with Crippen molar-refractivity contribution < 1.29 is 9.53 Å². The summed E-state index contributed by atoms with van der Waals surface area (Å²) in [7, 11) is 1.69. The van der Waals surface area contributed by atoms with E-state index in [0.717, 1.165) is 19.4 Å². The fraction of sp³-hybridized carbons (Fsp3) is 0.900. The van der Waals surface area contributed by atoms with Crippen molar-refractivity contribution in [2.24, 2.45) is 0 Å². The van der Waals surface area contributed by atoms with Crippen molar-refractivity contribution in [3.05, 3.63) is 0 Å². The molecule has 0 radical (unpaired) electrons. The lowest BCUT2D eigenvalue weighted by atomic mass is 9.90. The van der Waals surface area contributed by atoms with E-state index in [1.807, 2.05) is 0 Å². The lowest BCUT2D eigenvalue weighted by Crippen LogP contribution is -2.51. The highest BCUT2D eigenvalue weighted by Gasteiger charge is 2.32. The van der Waals surface area contributed by atoms with Crippen LogP contribution in [0.1, 0.15) is 26.7 Å². The number of ether oxygens (including phenoxy) is 1. The van der Waals surface area contributed by atoms with Crippen LogP contribution in [0, 0.1) is 0 Å². The molecule has 0 bridgehead atoms. The molecule has 3 nitrogen and oxygen atoms in total. The molecule has 1 heterocycles. The van der Waals surface area contributed by atoms with Gasteiger partial charge in [-0.1, -0.05) is 0 Å². The van der Waals surface area contributed by atoms with E-state index in [1.54, 1.807) is 7.11 Å². The minimum absolute atomic E-state index is 0.159. The van der Waals surface area contributed by atoms with Gasteiger partial charge in [0.15, 0.2) is 0 Å². The number of ketones is 1. The molecule has 0 aliphatic carbocycles. The summed E-state index contributed by atoms with van der Waals surface area (Å²) in [4.78, 5) is 13.5. The highest BCUT2D eigenvalue weighted by atomic mass is 16.5. The standard InChI is InChI=1S/C10H19NO2/c1-10(2)5-4-9(12)8-11(10)6-7-13-3/h4-8H2,1-3H3. The van der Waals surface area contributed by atoms with Crippen LogP contribution >= 0.6 is 0 Å². The number of methoxy groups -OCH3 is 1. The maximum atomic E-state index is 11.2. The largest absolute Gasteiger partial charge is 0.383 e. The molecule has 0 saturated carbocycles. The second-order valence-corrected chi connectivity index (χ2v) is 4.27. The smallest absolute Gasteiger partial charge is 0.146 e. The van der Waals surface area contributed by atoms with Gasteiger partial charge in [0.1, 0.15) is 5.78 Å². The molecular formula is C10H19NO2. The van der Waals surface area contributed by atoms with E-state index in [-0.39, 0.29) is 5.54 Å². The summed E-state index contributed by atoms with van der Waals surface area (Å²) in [5, 5.41) is 0. The van der Waals surface area contributed by atoms with Crippen molar-refractivity contribution in [2.75, 3.05) is 26.8 Å². The second kappa shape index (κ2) is 4.20. The van der Waals surface area contributed by atoms with Crippen LogP contribution in [0.2, 0.25) is 0 Å². The molecule has 0 N–H and O–H groups in total. The van der Waals surface area contributed by atoms with Gasteiger partial charge < -0.3 is 4.74 Å². The molecular weight excluding hydrogens is 166 g/mol. The summed E-state index contributed by atoms with van der Waals surface area (Å²) in [6, 6.07) is 0. The second-order valence-electron chi connectivity index (χ2n) is 4.27. The SMILES string of the molecule is COCCN1CC(=O)CCC1(C)C. The van der Waals surface area contributed by atoms with Crippen molar-refractivity contribution in [3.63, 3.8) is 0 Å². The molecule has 3 heteroatoms. The van der Waals surface area contributed by atoms with Gasteiger partial charge in [0.25, 0.3) is 0 Å². The summed E-state index contributed by atoms with van der Waals surface area (Å²) in [5.74, 6) is 0.357. The number of carbonyl (C=O) groups excluding carboxylic acids is 1. The molecule has 1 saturated heterocycles. The Labute approximate surface area is 80.1 Å². The number of carbonyl (C=O) groups is 1. The Hall–Kier alpha value is -0.410. The number of hydrogen-bond acceptors (Lipinski definition) is 3. The van der Waals surface area contributed by atoms with Crippen LogP contribution in [0.15, 0.2) is 0 Å². The predicted molar refractivity (Wildman–Crippen MR) is 51.8 cm³/mol. The fourth-order valence-corrected chi connectivity index (χ4v) is 1.69. The summed E-state index contributed by atoms with van der Waals surface area (Å²) in [6.07, 6.45) is 1.70. The molecule has 0 aromatic carbocycles. The van der Waals surface area contributed by atoms with Crippen LogP contribution in [-0.2, 0) is 9.53 Å². The normalized spacial score (nSPS) is 23.5. The molecule has 1 aliphatic heterocycles. The zero-order chi connectivity index (χ0) is 9.90. The maximum absolute atomic E-state index is 11.2. The topological polar surface area (TPSA) is 29.5 Å². The molecule has 0 atom stereocenters. The zero-order valence-electron chi connectivity index (χ0n) is 8.80. The Morgan fingerprint density at radius 3 is 2.85 bits per heavy atom. The fourth-order valence-electron chi connectivity index (χ4n) is 1.69. The van der Waals surface area contributed by atoms with E-state index >= 15 is 0 Å². The van der Waals surface area contributed by atoms with Crippen LogP contribution in [0.5, 0.6) is 0 Å². The van der Waals surface area contributed by atoms with Gasteiger partial charge in [-0.2, -0.15) is 0 Å². The summed E-state index contributed by atoms with van der Waals surface area (Å²) in [6.45, 7) is 6.53. The minimum atomic E-state index is 0.159. The number of rotatable bonds is 3. The molecule has 1 fully saturated rings.